The Morgan fingerprint density at radius 1 is 0.985 bits per heavy atom. The number of aliphatic hydroxyl groups excluding tert-OH is 1. The predicted octanol–water partition coefficient (Wildman–Crippen LogP) is 6.15. The van der Waals surface area contributed by atoms with Crippen molar-refractivity contribution in [1.82, 2.24) is 24.4 Å². The van der Waals surface area contributed by atoms with Crippen LogP contribution in [0.4, 0.5) is 34.4 Å². The number of piperidine rings is 1. The summed E-state index contributed by atoms with van der Waals surface area (Å²) in [5.74, 6) is -0.00712. The van der Waals surface area contributed by atoms with Gasteiger partial charge in [0.05, 0.1) is 34.2 Å². The molecule has 0 radical (unpaired) electrons. The Kier molecular flexibility index (Phi) is 12.4. The Hall–Kier alpha value is -5.94. The van der Waals surface area contributed by atoms with Crippen molar-refractivity contribution >= 4 is 57.5 Å². The maximum Gasteiger partial charge on any atom is 0.293 e. The van der Waals surface area contributed by atoms with Crippen molar-refractivity contribution in [2.24, 2.45) is 7.05 Å². The van der Waals surface area contributed by atoms with Crippen LogP contribution in [-0.4, -0.2) is 97.8 Å². The number of aromatic nitrogens is 4. The molecule has 0 saturated carbocycles. The molecular formula is C49H58N10O5S. The minimum absolute atomic E-state index is 0.0542. The highest BCUT2D eigenvalue weighted by Gasteiger charge is 2.35. The molecule has 3 aliphatic heterocycles. The van der Waals surface area contributed by atoms with Gasteiger partial charge in [0.2, 0.25) is 5.91 Å². The van der Waals surface area contributed by atoms with Crippen LogP contribution in [0, 0.1) is 0 Å². The maximum atomic E-state index is 14.0. The highest BCUT2D eigenvalue weighted by molar-refractivity contribution is 7.14. The molecule has 1 aliphatic carbocycles. The van der Waals surface area contributed by atoms with Crippen molar-refractivity contribution in [3.63, 3.8) is 0 Å². The van der Waals surface area contributed by atoms with E-state index < -0.39 is 5.60 Å². The number of fused-ring (bicyclic) bond motifs is 3. The zero-order chi connectivity index (χ0) is 45.6. The second-order valence-electron chi connectivity index (χ2n) is 18.2. The molecule has 2 amide bonds. The summed E-state index contributed by atoms with van der Waals surface area (Å²) in [6.07, 6.45) is 13.4. The fourth-order valence-electron chi connectivity index (χ4n) is 10.0. The van der Waals surface area contributed by atoms with Gasteiger partial charge in [-0.3, -0.25) is 29.2 Å². The number of aryl methyl sites for hydroxylation is 2. The number of amides is 2. The molecule has 0 spiro atoms. The number of thiophene rings is 1. The third-order valence-corrected chi connectivity index (χ3v) is 14.8. The van der Waals surface area contributed by atoms with Gasteiger partial charge in [0.1, 0.15) is 11.4 Å². The fourth-order valence-corrected chi connectivity index (χ4v) is 11.4. The first-order valence-corrected chi connectivity index (χ1v) is 23.5. The van der Waals surface area contributed by atoms with E-state index in [0.717, 1.165) is 93.9 Å². The summed E-state index contributed by atoms with van der Waals surface area (Å²) in [6.45, 7) is 13.8. The molecule has 4 N–H and O–H groups in total. The van der Waals surface area contributed by atoms with Crippen LogP contribution in [-0.2, 0) is 43.3 Å². The van der Waals surface area contributed by atoms with Gasteiger partial charge in [-0.2, -0.15) is 0 Å². The summed E-state index contributed by atoms with van der Waals surface area (Å²) in [7, 11) is 1.64. The van der Waals surface area contributed by atoms with Crippen molar-refractivity contribution in [3.05, 3.63) is 110 Å². The lowest BCUT2D eigenvalue weighted by Crippen LogP contribution is -2.57. The first-order valence-electron chi connectivity index (χ1n) is 22.7. The number of pyridine rings is 2. The molecule has 1 aromatic carbocycles. The zero-order valence-electron chi connectivity index (χ0n) is 37.6. The van der Waals surface area contributed by atoms with Crippen molar-refractivity contribution in [2.45, 2.75) is 90.0 Å². The first-order chi connectivity index (χ1) is 31.3. The van der Waals surface area contributed by atoms with Crippen LogP contribution in [0.5, 0.6) is 0 Å². The van der Waals surface area contributed by atoms with Crippen molar-refractivity contribution in [1.29, 1.82) is 0 Å². The lowest BCUT2D eigenvalue weighted by atomic mass is 9.92. The molecule has 0 unspecified atom stereocenters. The Morgan fingerprint density at radius 2 is 1.77 bits per heavy atom. The minimum atomic E-state index is -0.997. The van der Waals surface area contributed by atoms with Crippen molar-refractivity contribution < 1.29 is 19.8 Å². The molecular weight excluding hydrogens is 841 g/mol. The highest BCUT2D eigenvalue weighted by Crippen LogP contribution is 2.40. The van der Waals surface area contributed by atoms with E-state index in [9.17, 15) is 24.6 Å². The maximum absolute atomic E-state index is 14.0. The molecule has 2 fully saturated rings. The molecule has 16 heteroatoms. The van der Waals surface area contributed by atoms with Gasteiger partial charge in [0, 0.05) is 104 Å². The monoisotopic (exact) mass is 898 g/mol. The Labute approximate surface area is 383 Å². The molecule has 4 aliphatic rings. The molecule has 65 heavy (non-hydrogen) atoms. The molecule has 9 rings (SSSR count). The van der Waals surface area contributed by atoms with Gasteiger partial charge in [-0.1, -0.05) is 6.58 Å². The standard InChI is InChI=1S/C49H58N10O5S/c1-6-43(61)53-38-25-31(11-12-40(38)58-24-23-57(27-30(58)2)32-15-20-56(21-16-32)33-13-18-50-42(26-33)49(3,4)64)52-45-48(63)55(5)28-39(54-45)34-14-19-51-46(37(34)29-60)59-22-17-36-35-9-7-8-10-41(35)65-44(36)47(59)62/h6,11-14,18-19,25-26,28,30,32,60,64H,1,7-10,15-17,20-24,27,29H2,2-5H3,(H,52,54)(H,53,61)/t30-/m0/s1. The van der Waals surface area contributed by atoms with Crippen LogP contribution in [0.25, 0.3) is 11.3 Å². The van der Waals surface area contributed by atoms with Crippen LogP contribution in [0.1, 0.15) is 83.4 Å². The molecule has 4 aromatic heterocycles. The molecule has 2 saturated heterocycles. The largest absolute Gasteiger partial charge is 0.392 e. The summed E-state index contributed by atoms with van der Waals surface area (Å²) < 4.78 is 1.44. The summed E-state index contributed by atoms with van der Waals surface area (Å²) in [5.41, 5.74) is 6.33. The SMILES string of the molecule is C=CC(=O)Nc1cc(Nc2nc(-c3ccnc(N4CCc5c(sc6c5CCCC6)C4=O)c3CO)cn(C)c2=O)ccc1N1CCN(C2CCN(c3ccnc(C(C)(C)O)c3)CC2)C[C@@H]1C. The quantitative estimate of drug-likeness (QED) is 0.112. The van der Waals surface area contributed by atoms with Gasteiger partial charge < -0.3 is 35.2 Å². The smallest absolute Gasteiger partial charge is 0.293 e. The number of anilines is 6. The van der Waals surface area contributed by atoms with E-state index in [1.54, 1.807) is 61.8 Å². The third kappa shape index (κ3) is 8.79. The number of rotatable bonds is 11. The van der Waals surface area contributed by atoms with E-state index in [1.807, 2.05) is 30.3 Å². The van der Waals surface area contributed by atoms with E-state index in [0.29, 0.717) is 52.3 Å². The van der Waals surface area contributed by atoms with Crippen molar-refractivity contribution in [3.8, 4) is 11.3 Å². The number of carbonyl (C=O) groups is 2. The van der Waals surface area contributed by atoms with Crippen molar-refractivity contribution in [2.75, 3.05) is 64.6 Å². The Morgan fingerprint density at radius 3 is 2.52 bits per heavy atom. The number of piperazine rings is 1. The van der Waals surface area contributed by atoms with Gasteiger partial charge in [-0.05, 0) is 119 Å². The van der Waals surface area contributed by atoms with Gasteiger partial charge >= 0.3 is 0 Å². The number of nitrogens with one attached hydrogen (secondary N) is 2. The topological polar surface area (TPSA) is 172 Å². The third-order valence-electron chi connectivity index (χ3n) is 13.5. The van der Waals surface area contributed by atoms with Gasteiger partial charge in [0.15, 0.2) is 5.82 Å². The van der Waals surface area contributed by atoms with Crippen LogP contribution in [0.15, 0.2) is 72.4 Å². The number of aliphatic hydroxyl groups is 2. The number of hydrogen-bond donors (Lipinski definition) is 4. The van der Waals surface area contributed by atoms with Crippen LogP contribution in [0.2, 0.25) is 0 Å². The summed E-state index contributed by atoms with van der Waals surface area (Å²) >= 11 is 1.60. The van der Waals surface area contributed by atoms with E-state index >= 15 is 0 Å². The summed E-state index contributed by atoms with van der Waals surface area (Å²) in [5, 5.41) is 27.6. The second-order valence-corrected chi connectivity index (χ2v) is 19.3. The van der Waals surface area contributed by atoms with Crippen LogP contribution < -0.4 is 30.9 Å². The number of hydrogen-bond acceptors (Lipinski definition) is 13. The molecule has 340 valence electrons. The number of benzene rings is 1. The number of carbonyl (C=O) groups excluding carboxylic acids is 2. The van der Waals surface area contributed by atoms with E-state index in [2.05, 4.69) is 48.8 Å². The average Bonchev–Trinajstić information content (AvgIpc) is 3.70. The van der Waals surface area contributed by atoms with Gasteiger partial charge in [-0.25, -0.2) is 9.97 Å². The normalized spacial score (nSPS) is 18.3. The Balaban J connectivity index is 0.921. The lowest BCUT2D eigenvalue weighted by Gasteiger charge is -2.47. The van der Waals surface area contributed by atoms with E-state index in [1.165, 1.54) is 26.6 Å². The first kappa shape index (κ1) is 44.3. The highest BCUT2D eigenvalue weighted by atomic mass is 32.1. The predicted molar refractivity (Wildman–Crippen MR) is 257 cm³/mol. The Bertz CT molecular complexity index is 2700. The molecule has 5 aromatic rings. The van der Waals surface area contributed by atoms with Crippen LogP contribution in [0.3, 0.4) is 0 Å². The molecule has 7 heterocycles. The summed E-state index contributed by atoms with van der Waals surface area (Å²) in [6, 6.07) is 12.0. The molecule has 15 nitrogen and oxygen atoms in total. The van der Waals surface area contributed by atoms with E-state index in [4.69, 9.17) is 4.98 Å². The average molecular weight is 899 g/mol. The van der Waals surface area contributed by atoms with E-state index in [-0.39, 0.29) is 35.8 Å². The van der Waals surface area contributed by atoms with Gasteiger partial charge in [-0.15, -0.1) is 11.3 Å². The second kappa shape index (κ2) is 18.1. The van der Waals surface area contributed by atoms with Crippen LogP contribution >= 0.6 is 11.3 Å². The van der Waals surface area contributed by atoms with Gasteiger partial charge in [0.25, 0.3) is 11.5 Å². The zero-order valence-corrected chi connectivity index (χ0v) is 38.5. The fraction of sp³-hybridized carbons (Fsp3) is 0.429. The number of nitrogens with zero attached hydrogens (tertiary/aromatic N) is 8. The molecule has 1 atom stereocenters. The lowest BCUT2D eigenvalue weighted by molar-refractivity contribution is -0.111. The molecule has 0 bridgehead atoms. The minimum Gasteiger partial charge on any atom is -0.392 e. The summed E-state index contributed by atoms with van der Waals surface area (Å²) in [4.78, 5) is 65.4.